The second kappa shape index (κ2) is 6.12. The molecule has 0 aromatic carbocycles. The monoisotopic (exact) mass is 225 g/mol. The van der Waals surface area contributed by atoms with E-state index in [2.05, 4.69) is 15.2 Å². The Morgan fingerprint density at radius 2 is 2.44 bits per heavy atom. The number of likely N-dealkylation sites (N-methyl/N-ethyl adjacent to an activating group) is 1. The minimum atomic E-state index is 0.0487. The summed E-state index contributed by atoms with van der Waals surface area (Å²) in [5.74, 6) is 0.318. The highest BCUT2D eigenvalue weighted by molar-refractivity contribution is 5.82. The standard InChI is InChI=1S/C10H19N5O/c1-9(10(11)13-16)8-14(2)6-7-15-5-3-4-12-15/h3-5,9,16H,6-8H2,1-2H3,(H2,11,13). The fraction of sp³-hybridized carbons (Fsp3) is 0.600. The lowest BCUT2D eigenvalue weighted by atomic mass is 10.1. The normalized spacial score (nSPS) is 14.3. The van der Waals surface area contributed by atoms with E-state index < -0.39 is 0 Å². The van der Waals surface area contributed by atoms with Crippen LogP contribution in [0.2, 0.25) is 0 Å². The van der Waals surface area contributed by atoms with Crippen molar-refractivity contribution in [3.05, 3.63) is 18.5 Å². The second-order valence-electron chi connectivity index (χ2n) is 3.96. The van der Waals surface area contributed by atoms with E-state index >= 15 is 0 Å². The average molecular weight is 225 g/mol. The van der Waals surface area contributed by atoms with Gasteiger partial charge in [0.25, 0.3) is 0 Å². The fourth-order valence-corrected chi connectivity index (χ4v) is 1.46. The summed E-state index contributed by atoms with van der Waals surface area (Å²) in [7, 11) is 2.00. The molecule has 6 nitrogen and oxygen atoms in total. The van der Waals surface area contributed by atoms with E-state index in [1.165, 1.54) is 0 Å². The first kappa shape index (κ1) is 12.5. The highest BCUT2D eigenvalue weighted by Crippen LogP contribution is 1.98. The van der Waals surface area contributed by atoms with Gasteiger partial charge in [0.2, 0.25) is 0 Å². The Bertz CT molecular complexity index is 322. The van der Waals surface area contributed by atoms with Crippen LogP contribution in [-0.2, 0) is 6.54 Å². The van der Waals surface area contributed by atoms with Gasteiger partial charge in [-0.2, -0.15) is 5.10 Å². The third-order valence-corrected chi connectivity index (χ3v) is 2.48. The first-order valence-corrected chi connectivity index (χ1v) is 5.27. The summed E-state index contributed by atoms with van der Waals surface area (Å²) in [6, 6.07) is 1.90. The van der Waals surface area contributed by atoms with Crippen LogP contribution in [0.25, 0.3) is 0 Å². The Hall–Kier alpha value is -1.56. The van der Waals surface area contributed by atoms with Crippen molar-refractivity contribution in [1.82, 2.24) is 14.7 Å². The largest absolute Gasteiger partial charge is 0.409 e. The molecule has 1 aromatic rings. The Morgan fingerprint density at radius 3 is 3.00 bits per heavy atom. The number of rotatable bonds is 6. The third kappa shape index (κ3) is 3.90. The Labute approximate surface area is 95.3 Å². The van der Waals surface area contributed by atoms with Gasteiger partial charge in [0.05, 0.1) is 6.54 Å². The molecule has 3 N–H and O–H groups in total. The smallest absolute Gasteiger partial charge is 0.143 e. The van der Waals surface area contributed by atoms with Crippen molar-refractivity contribution >= 4 is 5.84 Å². The molecule has 0 aliphatic rings. The Kier molecular flexibility index (Phi) is 4.78. The molecular formula is C10H19N5O. The van der Waals surface area contributed by atoms with Gasteiger partial charge in [0, 0.05) is 31.4 Å². The number of nitrogens with two attached hydrogens (primary N) is 1. The molecule has 1 atom stereocenters. The number of hydrogen-bond acceptors (Lipinski definition) is 4. The van der Waals surface area contributed by atoms with Crippen LogP contribution < -0.4 is 5.73 Å². The molecule has 0 spiro atoms. The Balaban J connectivity index is 2.28. The van der Waals surface area contributed by atoms with Gasteiger partial charge in [-0.3, -0.25) is 4.68 Å². The maximum Gasteiger partial charge on any atom is 0.143 e. The minimum Gasteiger partial charge on any atom is -0.409 e. The van der Waals surface area contributed by atoms with Crippen LogP contribution in [0.3, 0.4) is 0 Å². The van der Waals surface area contributed by atoms with Crippen LogP contribution in [0.15, 0.2) is 23.6 Å². The summed E-state index contributed by atoms with van der Waals surface area (Å²) in [5.41, 5.74) is 5.51. The van der Waals surface area contributed by atoms with Crippen molar-refractivity contribution in [1.29, 1.82) is 0 Å². The molecule has 0 bridgehead atoms. The zero-order valence-electron chi connectivity index (χ0n) is 9.74. The van der Waals surface area contributed by atoms with E-state index in [4.69, 9.17) is 10.9 Å². The molecular weight excluding hydrogens is 206 g/mol. The molecule has 0 aliphatic heterocycles. The zero-order chi connectivity index (χ0) is 12.0. The molecule has 0 amide bonds. The van der Waals surface area contributed by atoms with Crippen molar-refractivity contribution in [2.45, 2.75) is 13.5 Å². The van der Waals surface area contributed by atoms with Crippen LogP contribution in [0.5, 0.6) is 0 Å². The summed E-state index contributed by atoms with van der Waals surface area (Å²) in [6.45, 7) is 4.41. The lowest BCUT2D eigenvalue weighted by molar-refractivity contribution is 0.284. The van der Waals surface area contributed by atoms with Gasteiger partial charge in [0.1, 0.15) is 5.84 Å². The molecule has 0 aliphatic carbocycles. The maximum atomic E-state index is 8.53. The van der Waals surface area contributed by atoms with Crippen molar-refractivity contribution in [2.24, 2.45) is 16.8 Å². The molecule has 1 rings (SSSR count). The van der Waals surface area contributed by atoms with Gasteiger partial charge in [-0.05, 0) is 13.1 Å². The van der Waals surface area contributed by atoms with Crippen molar-refractivity contribution < 1.29 is 5.21 Å². The number of amidine groups is 1. The lowest BCUT2D eigenvalue weighted by Crippen LogP contribution is -2.34. The third-order valence-electron chi connectivity index (χ3n) is 2.48. The summed E-state index contributed by atoms with van der Waals surface area (Å²) in [6.07, 6.45) is 3.69. The molecule has 0 saturated carbocycles. The molecule has 90 valence electrons. The molecule has 1 unspecified atom stereocenters. The fourth-order valence-electron chi connectivity index (χ4n) is 1.46. The van der Waals surface area contributed by atoms with Gasteiger partial charge in [-0.25, -0.2) is 0 Å². The second-order valence-corrected chi connectivity index (χ2v) is 3.96. The predicted molar refractivity (Wildman–Crippen MR) is 62.3 cm³/mol. The molecule has 16 heavy (non-hydrogen) atoms. The number of aromatic nitrogens is 2. The van der Waals surface area contributed by atoms with Crippen LogP contribution in [0, 0.1) is 5.92 Å². The topological polar surface area (TPSA) is 79.7 Å². The quantitative estimate of drug-likeness (QED) is 0.314. The summed E-state index contributed by atoms with van der Waals surface area (Å²) in [4.78, 5) is 2.13. The van der Waals surface area contributed by atoms with Gasteiger partial charge < -0.3 is 15.8 Å². The van der Waals surface area contributed by atoms with E-state index in [-0.39, 0.29) is 11.8 Å². The zero-order valence-corrected chi connectivity index (χ0v) is 9.74. The molecule has 0 radical (unpaired) electrons. The van der Waals surface area contributed by atoms with E-state index in [0.29, 0.717) is 0 Å². The van der Waals surface area contributed by atoms with Crippen molar-refractivity contribution in [2.75, 3.05) is 20.1 Å². The van der Waals surface area contributed by atoms with Crippen LogP contribution in [-0.4, -0.2) is 45.9 Å². The highest BCUT2D eigenvalue weighted by atomic mass is 16.4. The SMILES string of the molecule is CC(CN(C)CCn1cccn1)C(N)=NO. The van der Waals surface area contributed by atoms with Crippen molar-refractivity contribution in [3.8, 4) is 0 Å². The molecule has 1 aromatic heterocycles. The Morgan fingerprint density at radius 1 is 1.69 bits per heavy atom. The lowest BCUT2D eigenvalue weighted by Gasteiger charge is -2.20. The molecule has 0 saturated heterocycles. The van der Waals surface area contributed by atoms with Crippen molar-refractivity contribution in [3.63, 3.8) is 0 Å². The number of hydrogen-bond donors (Lipinski definition) is 2. The van der Waals surface area contributed by atoms with Gasteiger partial charge in [0.15, 0.2) is 0 Å². The van der Waals surface area contributed by atoms with E-state index in [0.717, 1.165) is 19.6 Å². The summed E-state index contributed by atoms with van der Waals surface area (Å²) in [5, 5.41) is 15.7. The van der Waals surface area contributed by atoms with Crippen LogP contribution in [0.4, 0.5) is 0 Å². The first-order chi connectivity index (χ1) is 7.63. The van der Waals surface area contributed by atoms with E-state index in [1.54, 1.807) is 6.20 Å². The minimum absolute atomic E-state index is 0.0487. The number of nitrogens with zero attached hydrogens (tertiary/aromatic N) is 4. The van der Waals surface area contributed by atoms with E-state index in [9.17, 15) is 0 Å². The maximum absolute atomic E-state index is 8.53. The first-order valence-electron chi connectivity index (χ1n) is 5.27. The molecule has 0 fully saturated rings. The van der Waals surface area contributed by atoms with E-state index in [1.807, 2.05) is 30.9 Å². The van der Waals surface area contributed by atoms with Crippen LogP contribution >= 0.6 is 0 Å². The average Bonchev–Trinajstić information content (AvgIpc) is 2.78. The molecule has 6 heteroatoms. The summed E-state index contributed by atoms with van der Waals surface area (Å²) >= 11 is 0. The predicted octanol–water partition coefficient (Wildman–Crippen LogP) is 0.197. The van der Waals surface area contributed by atoms with Gasteiger partial charge in [-0.1, -0.05) is 12.1 Å². The summed E-state index contributed by atoms with van der Waals surface area (Å²) < 4.78 is 1.88. The highest BCUT2D eigenvalue weighted by Gasteiger charge is 2.10. The number of oxime groups is 1. The van der Waals surface area contributed by atoms with Crippen LogP contribution in [0.1, 0.15) is 6.92 Å². The van der Waals surface area contributed by atoms with Gasteiger partial charge >= 0.3 is 0 Å². The van der Waals surface area contributed by atoms with Gasteiger partial charge in [-0.15, -0.1) is 0 Å². The molecule has 1 heterocycles.